The number of anilines is 1. The Kier molecular flexibility index (Phi) is 5.76. The summed E-state index contributed by atoms with van der Waals surface area (Å²) >= 11 is 0. The van der Waals surface area contributed by atoms with Gasteiger partial charge < -0.3 is 10.0 Å². The summed E-state index contributed by atoms with van der Waals surface area (Å²) in [6.07, 6.45) is 0. The number of likely N-dealkylation sites (N-methyl/N-ethyl adjacent to an activating group) is 1. The molecule has 0 atom stereocenters. The lowest BCUT2D eigenvalue weighted by Crippen LogP contribution is -2.27. The van der Waals surface area contributed by atoms with Gasteiger partial charge in [0.2, 0.25) is 0 Å². The third-order valence-corrected chi connectivity index (χ3v) is 3.29. The number of para-hydroxylation sites is 1. The molecule has 2 aromatic carbocycles. The van der Waals surface area contributed by atoms with E-state index in [-0.39, 0.29) is 18.8 Å². The molecule has 0 spiro atoms. The maximum absolute atomic E-state index is 11.3. The first-order valence-corrected chi connectivity index (χ1v) is 7.27. The van der Waals surface area contributed by atoms with Gasteiger partial charge in [0.05, 0.1) is 17.2 Å². The van der Waals surface area contributed by atoms with Crippen molar-refractivity contribution in [2.45, 2.75) is 6.92 Å². The Morgan fingerprint density at radius 1 is 1.13 bits per heavy atom. The third kappa shape index (κ3) is 4.10. The zero-order chi connectivity index (χ0) is 16.7. The standard InChI is InChI=1S/C16H18N4O3/c1-2-19(11-12-21)16-14(9-6-10-15(16)20(22)23)18-17-13-7-4-3-5-8-13/h3-10,21H,2,11-12H2,1H3. The van der Waals surface area contributed by atoms with Crippen molar-refractivity contribution in [3.63, 3.8) is 0 Å². The topological polar surface area (TPSA) is 91.3 Å². The average Bonchev–Trinajstić information content (AvgIpc) is 2.58. The number of benzene rings is 2. The minimum absolute atomic E-state index is 0.0511. The van der Waals surface area contributed by atoms with Gasteiger partial charge in [-0.1, -0.05) is 24.3 Å². The van der Waals surface area contributed by atoms with Crippen LogP contribution >= 0.6 is 0 Å². The van der Waals surface area contributed by atoms with E-state index in [1.807, 2.05) is 25.1 Å². The molecule has 0 saturated carbocycles. The summed E-state index contributed by atoms with van der Waals surface area (Å²) in [6.45, 7) is 2.56. The number of aliphatic hydroxyl groups excluding tert-OH is 1. The summed E-state index contributed by atoms with van der Waals surface area (Å²) in [5, 5.41) is 28.8. The molecule has 23 heavy (non-hydrogen) atoms. The molecule has 0 aromatic heterocycles. The van der Waals surface area contributed by atoms with Crippen LogP contribution in [0.25, 0.3) is 0 Å². The van der Waals surface area contributed by atoms with E-state index in [9.17, 15) is 15.2 Å². The van der Waals surface area contributed by atoms with Crippen LogP contribution in [0.4, 0.5) is 22.7 Å². The van der Waals surface area contributed by atoms with Gasteiger partial charge in [-0.3, -0.25) is 10.1 Å². The number of nitro benzene ring substituents is 1. The van der Waals surface area contributed by atoms with Gasteiger partial charge in [-0.05, 0) is 25.1 Å². The summed E-state index contributed by atoms with van der Waals surface area (Å²) < 4.78 is 0. The van der Waals surface area contributed by atoms with Gasteiger partial charge >= 0.3 is 0 Å². The predicted octanol–water partition coefficient (Wildman–Crippen LogP) is 3.83. The first-order chi connectivity index (χ1) is 11.2. The van der Waals surface area contributed by atoms with Crippen LogP contribution in [0.15, 0.2) is 58.8 Å². The molecule has 1 N–H and O–H groups in total. The summed E-state index contributed by atoms with van der Waals surface area (Å²) in [5.41, 5.74) is 1.38. The van der Waals surface area contributed by atoms with E-state index < -0.39 is 4.92 Å². The fourth-order valence-corrected chi connectivity index (χ4v) is 2.23. The molecular formula is C16H18N4O3. The lowest BCUT2D eigenvalue weighted by atomic mass is 10.2. The molecule has 0 amide bonds. The lowest BCUT2D eigenvalue weighted by Gasteiger charge is -2.22. The molecule has 7 nitrogen and oxygen atoms in total. The van der Waals surface area contributed by atoms with E-state index in [0.717, 1.165) is 0 Å². The quantitative estimate of drug-likeness (QED) is 0.477. The maximum Gasteiger partial charge on any atom is 0.294 e. The zero-order valence-corrected chi connectivity index (χ0v) is 12.8. The average molecular weight is 314 g/mol. The minimum atomic E-state index is -0.448. The zero-order valence-electron chi connectivity index (χ0n) is 12.8. The van der Waals surface area contributed by atoms with Gasteiger partial charge in [0.25, 0.3) is 5.69 Å². The first kappa shape index (κ1) is 16.6. The monoisotopic (exact) mass is 314 g/mol. The molecule has 120 valence electrons. The maximum atomic E-state index is 11.3. The molecule has 2 rings (SSSR count). The molecule has 0 aliphatic rings. The second kappa shape index (κ2) is 8.00. The van der Waals surface area contributed by atoms with Crippen molar-refractivity contribution in [3.8, 4) is 0 Å². The van der Waals surface area contributed by atoms with Crippen molar-refractivity contribution in [2.24, 2.45) is 10.2 Å². The highest BCUT2D eigenvalue weighted by molar-refractivity contribution is 5.77. The molecule has 0 radical (unpaired) electrons. The molecule has 0 aliphatic carbocycles. The second-order valence-electron chi connectivity index (χ2n) is 4.74. The third-order valence-electron chi connectivity index (χ3n) is 3.29. The predicted molar refractivity (Wildman–Crippen MR) is 88.7 cm³/mol. The highest BCUT2D eigenvalue weighted by Gasteiger charge is 2.22. The Bertz CT molecular complexity index is 689. The van der Waals surface area contributed by atoms with Crippen molar-refractivity contribution < 1.29 is 10.0 Å². The molecule has 2 aromatic rings. The second-order valence-corrected chi connectivity index (χ2v) is 4.74. The van der Waals surface area contributed by atoms with E-state index in [1.54, 1.807) is 29.2 Å². The normalized spacial score (nSPS) is 10.9. The first-order valence-electron chi connectivity index (χ1n) is 7.27. The van der Waals surface area contributed by atoms with Crippen LogP contribution < -0.4 is 4.90 Å². The minimum Gasteiger partial charge on any atom is -0.395 e. The summed E-state index contributed by atoms with van der Waals surface area (Å²) in [7, 11) is 0. The number of aliphatic hydroxyl groups is 1. The largest absolute Gasteiger partial charge is 0.395 e. The van der Waals surface area contributed by atoms with Crippen molar-refractivity contribution in [2.75, 3.05) is 24.6 Å². The molecule has 7 heteroatoms. The fraction of sp³-hybridized carbons (Fsp3) is 0.250. The Morgan fingerprint density at radius 2 is 1.87 bits per heavy atom. The molecule has 0 aliphatic heterocycles. The fourth-order valence-electron chi connectivity index (χ4n) is 2.23. The van der Waals surface area contributed by atoms with Crippen LogP contribution in [0.1, 0.15) is 6.92 Å². The number of azo groups is 1. The molecule has 0 bridgehead atoms. The van der Waals surface area contributed by atoms with Crippen molar-refractivity contribution in [1.29, 1.82) is 0 Å². The SMILES string of the molecule is CCN(CCO)c1c(N=Nc2ccccc2)cccc1[N+](=O)[O-]. The van der Waals surface area contributed by atoms with E-state index in [0.29, 0.717) is 23.6 Å². The van der Waals surface area contributed by atoms with E-state index >= 15 is 0 Å². The highest BCUT2D eigenvalue weighted by atomic mass is 16.6. The van der Waals surface area contributed by atoms with E-state index in [2.05, 4.69) is 10.2 Å². The number of rotatable bonds is 7. The smallest absolute Gasteiger partial charge is 0.294 e. The van der Waals surface area contributed by atoms with Crippen LogP contribution in [0.3, 0.4) is 0 Å². The van der Waals surface area contributed by atoms with Gasteiger partial charge in [-0.15, -0.1) is 5.11 Å². The van der Waals surface area contributed by atoms with Gasteiger partial charge in [-0.2, -0.15) is 5.11 Å². The van der Waals surface area contributed by atoms with Crippen LogP contribution in [0.5, 0.6) is 0 Å². The Morgan fingerprint density at radius 3 is 2.48 bits per heavy atom. The number of hydrogen-bond donors (Lipinski definition) is 1. The van der Waals surface area contributed by atoms with Gasteiger partial charge in [0.1, 0.15) is 11.4 Å². The molecule has 0 unspecified atom stereocenters. The molecule has 0 saturated heterocycles. The van der Waals surface area contributed by atoms with Gasteiger partial charge in [0, 0.05) is 19.2 Å². The number of hydrogen-bond acceptors (Lipinski definition) is 6. The Balaban J connectivity index is 2.47. The summed E-state index contributed by atoms with van der Waals surface area (Å²) in [4.78, 5) is 12.6. The Labute approximate surface area is 134 Å². The molecule has 0 heterocycles. The number of nitrogens with zero attached hydrogens (tertiary/aromatic N) is 4. The van der Waals surface area contributed by atoms with Gasteiger partial charge in [0.15, 0.2) is 0 Å². The van der Waals surface area contributed by atoms with E-state index in [4.69, 9.17) is 0 Å². The van der Waals surface area contributed by atoms with Crippen LogP contribution in [-0.2, 0) is 0 Å². The highest BCUT2D eigenvalue weighted by Crippen LogP contribution is 2.38. The van der Waals surface area contributed by atoms with Crippen LogP contribution in [0.2, 0.25) is 0 Å². The van der Waals surface area contributed by atoms with Crippen LogP contribution in [0, 0.1) is 10.1 Å². The van der Waals surface area contributed by atoms with Crippen molar-refractivity contribution in [1.82, 2.24) is 0 Å². The number of nitro groups is 1. The lowest BCUT2D eigenvalue weighted by molar-refractivity contribution is -0.384. The van der Waals surface area contributed by atoms with E-state index in [1.165, 1.54) is 6.07 Å². The Hall–Kier alpha value is -2.80. The molecular weight excluding hydrogens is 296 g/mol. The van der Waals surface area contributed by atoms with Crippen LogP contribution in [-0.4, -0.2) is 29.7 Å². The molecule has 0 fully saturated rings. The summed E-state index contributed by atoms with van der Waals surface area (Å²) in [5.74, 6) is 0. The van der Waals surface area contributed by atoms with Crippen molar-refractivity contribution in [3.05, 3.63) is 58.6 Å². The van der Waals surface area contributed by atoms with Crippen molar-refractivity contribution >= 4 is 22.7 Å². The van der Waals surface area contributed by atoms with Gasteiger partial charge in [-0.25, -0.2) is 0 Å². The summed E-state index contributed by atoms with van der Waals surface area (Å²) in [6, 6.07) is 13.8.